The van der Waals surface area contributed by atoms with E-state index in [2.05, 4.69) is 6.92 Å². The standard InChI is InChI=1S/C35H61NO14/c1-2-3-4-5-6-7-8-35(37)50-32-30-48-28-26-46-24-22-44-20-18-42-16-14-40-13-15-41-17-19-43-21-23-45-25-27-47-29-31-49-34-11-9-33(10-12-34)36(38)39/h9-12H,2-8,13-32H2,1H3. The summed E-state index contributed by atoms with van der Waals surface area (Å²) in [4.78, 5) is 21.9. The molecule has 0 aliphatic heterocycles. The van der Waals surface area contributed by atoms with Crippen LogP contribution in [0.25, 0.3) is 0 Å². The van der Waals surface area contributed by atoms with Gasteiger partial charge in [0.25, 0.3) is 5.69 Å². The van der Waals surface area contributed by atoms with Crippen LogP contribution in [-0.2, 0) is 52.2 Å². The Balaban J connectivity index is 1.66. The molecule has 0 amide bonds. The van der Waals surface area contributed by atoms with Crippen LogP contribution in [-0.4, -0.2) is 143 Å². The number of hydrogen-bond donors (Lipinski definition) is 0. The van der Waals surface area contributed by atoms with Crippen LogP contribution >= 0.6 is 0 Å². The number of carbonyl (C=O) groups excluding carboxylic acids is 1. The Morgan fingerprint density at radius 2 is 0.840 bits per heavy atom. The molecule has 0 radical (unpaired) electrons. The molecule has 1 rings (SSSR count). The number of nitro benzene ring substituents is 1. The summed E-state index contributed by atoms with van der Waals surface area (Å²) in [6.07, 6.45) is 7.38. The lowest BCUT2D eigenvalue weighted by Gasteiger charge is -2.09. The van der Waals surface area contributed by atoms with Crippen LogP contribution in [0.1, 0.15) is 51.9 Å². The fourth-order valence-corrected chi connectivity index (χ4v) is 4.08. The second kappa shape index (κ2) is 36.3. The maximum absolute atomic E-state index is 11.7. The lowest BCUT2D eigenvalue weighted by molar-refractivity contribution is -0.384. The molecular formula is C35H61NO14. The van der Waals surface area contributed by atoms with E-state index >= 15 is 0 Å². The van der Waals surface area contributed by atoms with Gasteiger partial charge in [-0.25, -0.2) is 0 Å². The minimum atomic E-state index is -0.453. The lowest BCUT2D eigenvalue weighted by atomic mass is 10.1. The van der Waals surface area contributed by atoms with Crippen LogP contribution in [0.3, 0.4) is 0 Å². The van der Waals surface area contributed by atoms with Gasteiger partial charge in [-0.3, -0.25) is 14.9 Å². The van der Waals surface area contributed by atoms with Crippen LogP contribution < -0.4 is 4.74 Å². The van der Waals surface area contributed by atoms with Gasteiger partial charge in [0.2, 0.25) is 0 Å². The molecule has 0 unspecified atom stereocenters. The Bertz CT molecular complexity index is 893. The molecule has 0 spiro atoms. The number of non-ortho nitro benzene ring substituents is 1. The summed E-state index contributed by atoms with van der Waals surface area (Å²) in [5.74, 6) is 0.403. The van der Waals surface area contributed by atoms with E-state index in [1.807, 2.05) is 0 Å². The van der Waals surface area contributed by atoms with E-state index in [9.17, 15) is 14.9 Å². The van der Waals surface area contributed by atoms with E-state index in [1.54, 1.807) is 12.1 Å². The van der Waals surface area contributed by atoms with Crippen molar-refractivity contribution in [2.24, 2.45) is 0 Å². The summed E-state index contributed by atoms with van der Waals surface area (Å²) >= 11 is 0. The van der Waals surface area contributed by atoms with E-state index in [-0.39, 0.29) is 18.3 Å². The molecule has 0 fully saturated rings. The van der Waals surface area contributed by atoms with Gasteiger partial charge in [0.05, 0.1) is 124 Å². The van der Waals surface area contributed by atoms with Gasteiger partial charge in [-0.05, 0) is 18.6 Å². The van der Waals surface area contributed by atoms with Crippen LogP contribution in [0.4, 0.5) is 5.69 Å². The summed E-state index contributed by atoms with van der Waals surface area (Å²) < 4.78 is 59.7. The van der Waals surface area contributed by atoms with Crippen molar-refractivity contribution in [3.05, 3.63) is 34.4 Å². The first-order valence-electron chi connectivity index (χ1n) is 17.9. The normalized spacial score (nSPS) is 11.2. The Morgan fingerprint density at radius 1 is 0.500 bits per heavy atom. The minimum absolute atomic E-state index is 0.0237. The average molecular weight is 720 g/mol. The third-order valence-corrected chi connectivity index (χ3v) is 6.75. The Labute approximate surface area is 297 Å². The highest BCUT2D eigenvalue weighted by atomic mass is 16.6. The Morgan fingerprint density at radius 3 is 1.22 bits per heavy atom. The van der Waals surface area contributed by atoms with Crippen LogP contribution in [0, 0.1) is 10.1 Å². The molecule has 0 aromatic heterocycles. The molecule has 0 N–H and O–H groups in total. The summed E-state index contributed by atoms with van der Waals surface area (Å²) in [6.45, 7) is 11.1. The van der Waals surface area contributed by atoms with Crippen molar-refractivity contribution in [2.45, 2.75) is 51.9 Å². The first-order valence-corrected chi connectivity index (χ1v) is 17.9. The number of unbranched alkanes of at least 4 members (excludes halogenated alkanes) is 5. The zero-order valence-corrected chi connectivity index (χ0v) is 30.1. The second-order valence-electron chi connectivity index (χ2n) is 10.8. The highest BCUT2D eigenvalue weighted by molar-refractivity contribution is 5.69. The molecule has 0 heterocycles. The molecule has 15 heteroatoms. The molecule has 1 aromatic carbocycles. The molecule has 290 valence electrons. The molecule has 1 aromatic rings. The van der Waals surface area contributed by atoms with E-state index in [4.69, 9.17) is 52.1 Å². The van der Waals surface area contributed by atoms with Gasteiger partial charge in [0.1, 0.15) is 19.0 Å². The second-order valence-corrected chi connectivity index (χ2v) is 10.8. The largest absolute Gasteiger partial charge is 0.491 e. The monoisotopic (exact) mass is 719 g/mol. The lowest BCUT2D eigenvalue weighted by Crippen LogP contribution is -2.15. The summed E-state index contributed by atoms with van der Waals surface area (Å²) in [6, 6.07) is 5.90. The number of ether oxygens (including phenoxy) is 11. The molecular weight excluding hydrogens is 658 g/mol. The molecule has 0 bridgehead atoms. The van der Waals surface area contributed by atoms with E-state index in [0.29, 0.717) is 138 Å². The molecule has 0 saturated heterocycles. The van der Waals surface area contributed by atoms with Crippen molar-refractivity contribution >= 4 is 11.7 Å². The highest BCUT2D eigenvalue weighted by Crippen LogP contribution is 2.17. The SMILES string of the molecule is CCCCCCCCC(=O)OCCOCCOCCOCCOCCOCCOCCOCCOCCOCCOc1ccc([N+](=O)[O-])cc1. The number of benzene rings is 1. The Kier molecular flexibility index (Phi) is 33.1. The summed E-state index contributed by atoms with van der Waals surface area (Å²) in [5.41, 5.74) is 0.0237. The minimum Gasteiger partial charge on any atom is -0.491 e. The zero-order chi connectivity index (χ0) is 36.0. The van der Waals surface area contributed by atoms with Crippen molar-refractivity contribution in [1.29, 1.82) is 0 Å². The first kappa shape index (κ1) is 45.6. The van der Waals surface area contributed by atoms with Crippen molar-refractivity contribution in [3.63, 3.8) is 0 Å². The third kappa shape index (κ3) is 31.5. The van der Waals surface area contributed by atoms with Crippen molar-refractivity contribution in [3.8, 4) is 5.75 Å². The fourth-order valence-electron chi connectivity index (χ4n) is 4.08. The maximum Gasteiger partial charge on any atom is 0.305 e. The fraction of sp³-hybridized carbons (Fsp3) is 0.800. The molecule has 15 nitrogen and oxygen atoms in total. The number of hydrogen-bond acceptors (Lipinski definition) is 14. The highest BCUT2D eigenvalue weighted by Gasteiger charge is 2.05. The maximum atomic E-state index is 11.7. The Hall–Kier alpha value is -2.47. The van der Waals surface area contributed by atoms with E-state index in [0.717, 1.165) is 12.8 Å². The number of carbonyl (C=O) groups is 1. The predicted octanol–water partition coefficient (Wildman–Crippen LogP) is 4.42. The molecule has 0 aliphatic rings. The quantitative estimate of drug-likeness (QED) is 0.0407. The first-order chi connectivity index (χ1) is 24.6. The summed E-state index contributed by atoms with van der Waals surface area (Å²) in [7, 11) is 0. The molecule has 50 heavy (non-hydrogen) atoms. The number of nitro groups is 1. The number of rotatable bonds is 39. The van der Waals surface area contributed by atoms with Gasteiger partial charge in [-0.1, -0.05) is 39.0 Å². The smallest absolute Gasteiger partial charge is 0.305 e. The zero-order valence-electron chi connectivity index (χ0n) is 30.1. The van der Waals surface area contributed by atoms with Crippen LogP contribution in [0.2, 0.25) is 0 Å². The molecule has 0 atom stereocenters. The molecule has 0 saturated carbocycles. The number of nitrogens with zero attached hydrogens (tertiary/aromatic N) is 1. The van der Waals surface area contributed by atoms with Gasteiger partial charge >= 0.3 is 5.97 Å². The topological polar surface area (TPSA) is 162 Å². The molecule has 0 aliphatic carbocycles. The van der Waals surface area contributed by atoms with Gasteiger partial charge in [0.15, 0.2) is 0 Å². The van der Waals surface area contributed by atoms with Crippen molar-refractivity contribution in [2.75, 3.05) is 132 Å². The van der Waals surface area contributed by atoms with E-state index < -0.39 is 4.92 Å². The van der Waals surface area contributed by atoms with Gasteiger partial charge in [0, 0.05) is 18.6 Å². The van der Waals surface area contributed by atoms with Crippen molar-refractivity contribution < 1.29 is 61.8 Å². The van der Waals surface area contributed by atoms with Gasteiger partial charge in [-0.15, -0.1) is 0 Å². The average Bonchev–Trinajstić information content (AvgIpc) is 3.12. The van der Waals surface area contributed by atoms with Gasteiger partial charge < -0.3 is 52.1 Å². The van der Waals surface area contributed by atoms with Gasteiger partial charge in [-0.2, -0.15) is 0 Å². The van der Waals surface area contributed by atoms with Crippen LogP contribution in [0.5, 0.6) is 5.75 Å². The van der Waals surface area contributed by atoms with Crippen LogP contribution in [0.15, 0.2) is 24.3 Å². The summed E-state index contributed by atoms with van der Waals surface area (Å²) in [5, 5.41) is 10.6. The number of esters is 1. The van der Waals surface area contributed by atoms with E-state index in [1.165, 1.54) is 37.8 Å². The van der Waals surface area contributed by atoms with Crippen molar-refractivity contribution in [1.82, 2.24) is 0 Å². The third-order valence-electron chi connectivity index (χ3n) is 6.75. The predicted molar refractivity (Wildman–Crippen MR) is 185 cm³/mol.